The zero-order chi connectivity index (χ0) is 18.0. The molecule has 0 bridgehead atoms. The second-order valence-electron chi connectivity index (χ2n) is 6.86. The van der Waals surface area contributed by atoms with Crippen LogP contribution in [0.3, 0.4) is 0 Å². The van der Waals surface area contributed by atoms with Crippen LogP contribution >= 0.6 is 0 Å². The molecule has 2 atom stereocenters. The van der Waals surface area contributed by atoms with E-state index in [0.29, 0.717) is 0 Å². The van der Waals surface area contributed by atoms with E-state index < -0.39 is 12.1 Å². The molecule has 0 aromatic heterocycles. The molecule has 0 heterocycles. The number of hydrogen-bond acceptors (Lipinski definition) is 3. The van der Waals surface area contributed by atoms with Gasteiger partial charge in [-0.05, 0) is 19.3 Å². The fourth-order valence-corrected chi connectivity index (χ4v) is 2.97. The number of carbonyl (C=O) groups excluding carboxylic acids is 1. The average molecular weight is 341 g/mol. The number of esters is 1. The van der Waals surface area contributed by atoms with E-state index in [9.17, 15) is 9.90 Å². The van der Waals surface area contributed by atoms with Crippen LogP contribution in [-0.2, 0) is 9.53 Å². The van der Waals surface area contributed by atoms with Crippen LogP contribution in [0.25, 0.3) is 0 Å². The predicted molar refractivity (Wildman–Crippen MR) is 102 cm³/mol. The average Bonchev–Trinajstić information content (AvgIpc) is 2.59. The van der Waals surface area contributed by atoms with Gasteiger partial charge in [0.25, 0.3) is 0 Å². The lowest BCUT2D eigenvalue weighted by atomic mass is 9.99. The molecule has 0 aliphatic rings. The standard InChI is InChI=1S/C21H40O3/c1-4-7-9-11-13-15-17-19(22)20(24-21(23)6-3)18-16-14-12-10-8-5-2/h6,19-20,22H,3-5,7-18H2,1-2H3. The van der Waals surface area contributed by atoms with E-state index in [2.05, 4.69) is 20.4 Å². The van der Waals surface area contributed by atoms with E-state index in [1.165, 1.54) is 57.4 Å². The van der Waals surface area contributed by atoms with Gasteiger partial charge >= 0.3 is 5.97 Å². The van der Waals surface area contributed by atoms with Crippen molar-refractivity contribution in [2.45, 2.75) is 116 Å². The lowest BCUT2D eigenvalue weighted by Crippen LogP contribution is -2.31. The fraction of sp³-hybridized carbons (Fsp3) is 0.857. The van der Waals surface area contributed by atoms with Gasteiger partial charge in [0.1, 0.15) is 6.10 Å². The van der Waals surface area contributed by atoms with Crippen LogP contribution in [0.15, 0.2) is 12.7 Å². The smallest absolute Gasteiger partial charge is 0.330 e. The van der Waals surface area contributed by atoms with Gasteiger partial charge in [0.2, 0.25) is 0 Å². The van der Waals surface area contributed by atoms with Gasteiger partial charge in [-0.15, -0.1) is 0 Å². The molecular formula is C21H40O3. The normalized spacial score (nSPS) is 13.5. The highest BCUT2D eigenvalue weighted by Gasteiger charge is 2.21. The Balaban J connectivity index is 4.03. The summed E-state index contributed by atoms with van der Waals surface area (Å²) >= 11 is 0. The Labute approximate surface area is 149 Å². The first-order valence-electron chi connectivity index (χ1n) is 10.2. The van der Waals surface area contributed by atoms with E-state index in [1.807, 2.05) is 0 Å². The fourth-order valence-electron chi connectivity index (χ4n) is 2.97. The quantitative estimate of drug-likeness (QED) is 0.202. The van der Waals surface area contributed by atoms with Gasteiger partial charge in [-0.3, -0.25) is 0 Å². The minimum Gasteiger partial charge on any atom is -0.456 e. The van der Waals surface area contributed by atoms with Crippen molar-refractivity contribution in [3.63, 3.8) is 0 Å². The maximum Gasteiger partial charge on any atom is 0.330 e. The molecule has 0 spiro atoms. The first-order chi connectivity index (χ1) is 11.7. The number of aliphatic hydroxyl groups is 1. The van der Waals surface area contributed by atoms with Crippen molar-refractivity contribution in [3.8, 4) is 0 Å². The first kappa shape index (κ1) is 23.2. The minimum atomic E-state index is -0.546. The Morgan fingerprint density at radius 1 is 0.875 bits per heavy atom. The lowest BCUT2D eigenvalue weighted by Gasteiger charge is -2.23. The van der Waals surface area contributed by atoms with E-state index in [4.69, 9.17) is 4.74 Å². The van der Waals surface area contributed by atoms with Crippen LogP contribution in [0.1, 0.15) is 104 Å². The molecule has 1 N–H and O–H groups in total. The third-order valence-corrected chi connectivity index (χ3v) is 4.56. The Hall–Kier alpha value is -0.830. The summed E-state index contributed by atoms with van der Waals surface area (Å²) in [4.78, 5) is 11.5. The maximum atomic E-state index is 11.5. The number of hydrogen-bond donors (Lipinski definition) is 1. The third-order valence-electron chi connectivity index (χ3n) is 4.56. The van der Waals surface area contributed by atoms with Gasteiger partial charge in [-0.1, -0.05) is 91.1 Å². The number of unbranched alkanes of at least 4 members (excludes halogenated alkanes) is 10. The van der Waals surface area contributed by atoms with Gasteiger partial charge in [0.15, 0.2) is 0 Å². The van der Waals surface area contributed by atoms with Crippen molar-refractivity contribution in [2.75, 3.05) is 0 Å². The summed E-state index contributed by atoms with van der Waals surface area (Å²) in [6, 6.07) is 0. The largest absolute Gasteiger partial charge is 0.456 e. The monoisotopic (exact) mass is 340 g/mol. The van der Waals surface area contributed by atoms with E-state index in [-0.39, 0.29) is 6.10 Å². The zero-order valence-corrected chi connectivity index (χ0v) is 16.1. The molecule has 0 saturated heterocycles. The van der Waals surface area contributed by atoms with Crippen LogP contribution in [-0.4, -0.2) is 23.3 Å². The maximum absolute atomic E-state index is 11.5. The minimum absolute atomic E-state index is 0.377. The van der Waals surface area contributed by atoms with Crippen LogP contribution in [0, 0.1) is 0 Å². The van der Waals surface area contributed by atoms with E-state index in [1.54, 1.807) is 0 Å². The summed E-state index contributed by atoms with van der Waals surface area (Å²) in [5.41, 5.74) is 0. The van der Waals surface area contributed by atoms with Crippen LogP contribution in [0.4, 0.5) is 0 Å². The first-order valence-corrected chi connectivity index (χ1v) is 10.2. The highest BCUT2D eigenvalue weighted by atomic mass is 16.6. The Kier molecular flexibility index (Phi) is 16.4. The Bertz CT molecular complexity index is 301. The van der Waals surface area contributed by atoms with Crippen LogP contribution < -0.4 is 0 Å². The number of aliphatic hydroxyl groups excluding tert-OH is 1. The molecular weight excluding hydrogens is 300 g/mol. The van der Waals surface area contributed by atoms with Crippen molar-refractivity contribution in [1.82, 2.24) is 0 Å². The molecule has 0 aromatic rings. The van der Waals surface area contributed by atoms with Crippen molar-refractivity contribution in [1.29, 1.82) is 0 Å². The summed E-state index contributed by atoms with van der Waals surface area (Å²) in [6.45, 7) is 7.88. The van der Waals surface area contributed by atoms with Crippen molar-refractivity contribution in [2.24, 2.45) is 0 Å². The summed E-state index contributed by atoms with van der Waals surface area (Å²) in [6.07, 6.45) is 16.1. The zero-order valence-electron chi connectivity index (χ0n) is 16.1. The third kappa shape index (κ3) is 13.6. The molecule has 142 valence electrons. The molecule has 0 aliphatic carbocycles. The van der Waals surface area contributed by atoms with Gasteiger partial charge in [-0.25, -0.2) is 4.79 Å². The van der Waals surface area contributed by atoms with Crippen LogP contribution in [0.2, 0.25) is 0 Å². The second-order valence-corrected chi connectivity index (χ2v) is 6.86. The molecule has 24 heavy (non-hydrogen) atoms. The molecule has 0 radical (unpaired) electrons. The molecule has 3 nitrogen and oxygen atoms in total. The summed E-state index contributed by atoms with van der Waals surface area (Å²) in [5, 5.41) is 10.4. The number of ether oxygens (including phenoxy) is 1. The predicted octanol–water partition coefficient (Wildman–Crippen LogP) is 5.95. The van der Waals surface area contributed by atoms with Crippen LogP contribution in [0.5, 0.6) is 0 Å². The molecule has 0 saturated carbocycles. The molecule has 0 aliphatic heterocycles. The summed E-state index contributed by atoms with van der Waals surface area (Å²) in [5.74, 6) is -0.423. The molecule has 2 unspecified atom stereocenters. The molecule has 0 fully saturated rings. The van der Waals surface area contributed by atoms with E-state index >= 15 is 0 Å². The van der Waals surface area contributed by atoms with Crippen molar-refractivity contribution in [3.05, 3.63) is 12.7 Å². The number of rotatable bonds is 17. The highest BCUT2D eigenvalue weighted by molar-refractivity contribution is 5.81. The highest BCUT2D eigenvalue weighted by Crippen LogP contribution is 2.18. The SMILES string of the molecule is C=CC(=O)OC(CCCCCCCC)C(O)CCCCCCCC. The lowest BCUT2D eigenvalue weighted by molar-refractivity contribution is -0.149. The topological polar surface area (TPSA) is 46.5 Å². The molecule has 0 amide bonds. The second kappa shape index (κ2) is 17.0. The Morgan fingerprint density at radius 3 is 1.83 bits per heavy atom. The van der Waals surface area contributed by atoms with Gasteiger partial charge in [0.05, 0.1) is 6.10 Å². The Morgan fingerprint density at radius 2 is 1.33 bits per heavy atom. The summed E-state index contributed by atoms with van der Waals surface area (Å²) < 4.78 is 5.38. The molecule has 0 rings (SSSR count). The van der Waals surface area contributed by atoms with Crippen molar-refractivity contribution >= 4 is 5.97 Å². The molecule has 3 heteroatoms. The van der Waals surface area contributed by atoms with E-state index in [0.717, 1.165) is 38.5 Å². The van der Waals surface area contributed by atoms with Crippen molar-refractivity contribution < 1.29 is 14.6 Å². The van der Waals surface area contributed by atoms with Gasteiger partial charge in [0, 0.05) is 6.08 Å². The summed E-state index contributed by atoms with van der Waals surface area (Å²) in [7, 11) is 0. The van der Waals surface area contributed by atoms with Gasteiger partial charge in [-0.2, -0.15) is 0 Å². The number of carbonyl (C=O) groups is 1. The van der Waals surface area contributed by atoms with Gasteiger partial charge < -0.3 is 9.84 Å². The molecule has 0 aromatic carbocycles.